The number of ether oxygens (including phenoxy) is 1. The molecule has 2 atom stereocenters. The van der Waals surface area contributed by atoms with Crippen molar-refractivity contribution in [1.82, 2.24) is 5.32 Å². The first-order valence-electron chi connectivity index (χ1n) is 5.13. The lowest BCUT2D eigenvalue weighted by atomic mass is 10.1. The Morgan fingerprint density at radius 3 is 2.56 bits per heavy atom. The van der Waals surface area contributed by atoms with Crippen molar-refractivity contribution in [3.8, 4) is 5.75 Å². The number of carbonyl (C=O) groups excluding carboxylic acids is 1. The Balaban J connectivity index is 2.80. The molecule has 0 fully saturated rings. The van der Waals surface area contributed by atoms with Crippen LogP contribution in [0.15, 0.2) is 24.3 Å². The van der Waals surface area contributed by atoms with E-state index in [1.165, 1.54) is 0 Å². The van der Waals surface area contributed by atoms with Gasteiger partial charge in [-0.15, -0.1) is 0 Å². The second-order valence-corrected chi connectivity index (χ2v) is 4.96. The van der Waals surface area contributed by atoms with E-state index in [0.717, 1.165) is 11.3 Å². The van der Waals surface area contributed by atoms with Gasteiger partial charge in [0.15, 0.2) is 0 Å². The molecule has 4 heteroatoms. The van der Waals surface area contributed by atoms with Gasteiger partial charge in [0.1, 0.15) is 5.75 Å². The maximum Gasteiger partial charge on any atom is 0.233 e. The summed E-state index contributed by atoms with van der Waals surface area (Å²) in [5.74, 6) is 0.760. The van der Waals surface area contributed by atoms with Crippen molar-refractivity contribution >= 4 is 21.8 Å². The molecule has 1 unspecified atom stereocenters. The quantitative estimate of drug-likeness (QED) is 0.864. The maximum absolute atomic E-state index is 11.5. The van der Waals surface area contributed by atoms with Gasteiger partial charge in [0, 0.05) is 5.56 Å². The normalized spacial score (nSPS) is 14.0. The number of nitrogens with one attached hydrogen (secondary N) is 1. The predicted octanol–water partition coefficient (Wildman–Crippen LogP) is 2.66. The zero-order chi connectivity index (χ0) is 12.1. The summed E-state index contributed by atoms with van der Waals surface area (Å²) in [4.78, 5) is 11.3. The summed E-state index contributed by atoms with van der Waals surface area (Å²) < 4.78 is 5.25. The Hall–Kier alpha value is -1.03. The number of halogens is 1. The fourth-order valence-electron chi connectivity index (χ4n) is 1.43. The van der Waals surface area contributed by atoms with E-state index in [1.54, 1.807) is 14.0 Å². The highest BCUT2D eigenvalue weighted by molar-refractivity contribution is 9.10. The van der Waals surface area contributed by atoms with Crippen molar-refractivity contribution in [2.75, 3.05) is 7.11 Å². The Morgan fingerprint density at radius 1 is 1.38 bits per heavy atom. The van der Waals surface area contributed by atoms with E-state index in [2.05, 4.69) is 21.2 Å². The van der Waals surface area contributed by atoms with Gasteiger partial charge in [0.2, 0.25) is 5.91 Å². The van der Waals surface area contributed by atoms with Crippen LogP contribution in [0.1, 0.15) is 25.5 Å². The van der Waals surface area contributed by atoms with Crippen molar-refractivity contribution < 1.29 is 9.53 Å². The zero-order valence-electron chi connectivity index (χ0n) is 9.66. The van der Waals surface area contributed by atoms with Crippen molar-refractivity contribution in [3.05, 3.63) is 29.8 Å². The molecule has 1 N–H and O–H groups in total. The number of hydrogen-bond donors (Lipinski definition) is 1. The van der Waals surface area contributed by atoms with Crippen molar-refractivity contribution in [3.63, 3.8) is 0 Å². The minimum atomic E-state index is -0.190. The van der Waals surface area contributed by atoms with Crippen molar-refractivity contribution in [2.45, 2.75) is 24.7 Å². The van der Waals surface area contributed by atoms with Crippen LogP contribution in [-0.2, 0) is 4.79 Å². The summed E-state index contributed by atoms with van der Waals surface area (Å²) in [6.07, 6.45) is 0. The second-order valence-electron chi connectivity index (χ2n) is 3.59. The van der Waals surface area contributed by atoms with E-state index in [-0.39, 0.29) is 16.8 Å². The van der Waals surface area contributed by atoms with Gasteiger partial charge in [0.25, 0.3) is 0 Å². The van der Waals surface area contributed by atoms with E-state index < -0.39 is 0 Å². The molecule has 3 nitrogen and oxygen atoms in total. The first kappa shape index (κ1) is 13.0. The molecule has 88 valence electrons. The fourth-order valence-corrected chi connectivity index (χ4v) is 1.56. The van der Waals surface area contributed by atoms with Gasteiger partial charge in [-0.1, -0.05) is 34.1 Å². The van der Waals surface area contributed by atoms with Gasteiger partial charge in [0.05, 0.1) is 18.0 Å². The molecule has 1 aromatic rings. The van der Waals surface area contributed by atoms with Crippen LogP contribution in [0.3, 0.4) is 0 Å². The summed E-state index contributed by atoms with van der Waals surface area (Å²) in [7, 11) is 1.63. The highest BCUT2D eigenvalue weighted by Gasteiger charge is 2.15. The lowest BCUT2D eigenvalue weighted by Gasteiger charge is -2.17. The molecular weight excluding hydrogens is 270 g/mol. The smallest absolute Gasteiger partial charge is 0.233 e. The van der Waals surface area contributed by atoms with Crippen LogP contribution in [0.5, 0.6) is 5.75 Å². The summed E-state index contributed by atoms with van der Waals surface area (Å²) in [6, 6.07) is 7.60. The third kappa shape index (κ3) is 3.23. The van der Waals surface area contributed by atoms with Crippen LogP contribution >= 0.6 is 15.9 Å². The molecule has 0 aliphatic heterocycles. The van der Waals surface area contributed by atoms with E-state index in [4.69, 9.17) is 4.74 Å². The standard InChI is InChI=1S/C12H16BrNO2/c1-8(13)12(15)14-9(2)10-6-4-5-7-11(10)16-3/h4-9H,1-3H3,(H,14,15)/t8?,9-/m0/s1. The summed E-state index contributed by atoms with van der Waals surface area (Å²) in [5.41, 5.74) is 0.978. The second kappa shape index (κ2) is 5.89. The Morgan fingerprint density at radius 2 is 2.00 bits per heavy atom. The minimum absolute atomic E-state index is 0.0293. The number of methoxy groups -OCH3 is 1. The fraction of sp³-hybridized carbons (Fsp3) is 0.417. The SMILES string of the molecule is COc1ccccc1[C@H](C)NC(=O)C(C)Br. The Bertz CT molecular complexity index is 366. The average Bonchev–Trinajstić information content (AvgIpc) is 2.28. The van der Waals surface area contributed by atoms with E-state index in [0.29, 0.717) is 0 Å². The molecule has 0 aromatic heterocycles. The number of rotatable bonds is 4. The number of para-hydroxylation sites is 1. The van der Waals surface area contributed by atoms with Gasteiger partial charge in [-0.25, -0.2) is 0 Å². The van der Waals surface area contributed by atoms with E-state index in [1.807, 2.05) is 31.2 Å². The molecule has 16 heavy (non-hydrogen) atoms. The maximum atomic E-state index is 11.5. The van der Waals surface area contributed by atoms with Crippen LogP contribution in [0, 0.1) is 0 Å². The average molecular weight is 286 g/mol. The lowest BCUT2D eigenvalue weighted by molar-refractivity contribution is -0.120. The number of benzene rings is 1. The third-order valence-electron chi connectivity index (χ3n) is 2.33. The molecular formula is C12H16BrNO2. The monoisotopic (exact) mass is 285 g/mol. The summed E-state index contributed by atoms with van der Waals surface area (Å²) in [5, 5.41) is 2.90. The molecule has 1 aromatic carbocycles. The zero-order valence-corrected chi connectivity index (χ0v) is 11.2. The van der Waals surface area contributed by atoms with Crippen LogP contribution in [0.4, 0.5) is 0 Å². The van der Waals surface area contributed by atoms with Gasteiger partial charge in [-0.05, 0) is 19.9 Å². The van der Waals surface area contributed by atoms with Crippen LogP contribution in [-0.4, -0.2) is 17.8 Å². The molecule has 0 saturated heterocycles. The number of hydrogen-bond acceptors (Lipinski definition) is 2. The van der Waals surface area contributed by atoms with Crippen LogP contribution < -0.4 is 10.1 Å². The van der Waals surface area contributed by atoms with E-state index >= 15 is 0 Å². The molecule has 0 radical (unpaired) electrons. The van der Waals surface area contributed by atoms with Crippen LogP contribution in [0.25, 0.3) is 0 Å². The van der Waals surface area contributed by atoms with Gasteiger partial charge < -0.3 is 10.1 Å². The predicted molar refractivity (Wildman–Crippen MR) is 67.9 cm³/mol. The molecule has 1 amide bonds. The Kier molecular flexibility index (Phi) is 4.80. The molecule has 0 aliphatic carbocycles. The molecule has 0 spiro atoms. The molecule has 0 saturated carbocycles. The number of alkyl halides is 1. The van der Waals surface area contributed by atoms with Crippen molar-refractivity contribution in [2.24, 2.45) is 0 Å². The van der Waals surface area contributed by atoms with Crippen molar-refractivity contribution in [1.29, 1.82) is 0 Å². The molecule has 0 bridgehead atoms. The topological polar surface area (TPSA) is 38.3 Å². The van der Waals surface area contributed by atoms with Crippen LogP contribution in [0.2, 0.25) is 0 Å². The largest absolute Gasteiger partial charge is 0.496 e. The molecule has 0 heterocycles. The first-order chi connectivity index (χ1) is 7.56. The molecule has 1 rings (SSSR count). The number of amides is 1. The van der Waals surface area contributed by atoms with E-state index in [9.17, 15) is 4.79 Å². The minimum Gasteiger partial charge on any atom is -0.496 e. The lowest BCUT2D eigenvalue weighted by Crippen LogP contribution is -2.31. The van der Waals surface area contributed by atoms with Gasteiger partial charge >= 0.3 is 0 Å². The van der Waals surface area contributed by atoms with Gasteiger partial charge in [-0.2, -0.15) is 0 Å². The van der Waals surface area contributed by atoms with Gasteiger partial charge in [-0.3, -0.25) is 4.79 Å². The third-order valence-corrected chi connectivity index (χ3v) is 2.74. The summed E-state index contributed by atoms with van der Waals surface area (Å²) in [6.45, 7) is 3.73. The highest BCUT2D eigenvalue weighted by atomic mass is 79.9. The first-order valence-corrected chi connectivity index (χ1v) is 6.05. The molecule has 0 aliphatic rings. The number of carbonyl (C=O) groups is 1. The summed E-state index contributed by atoms with van der Waals surface area (Å²) >= 11 is 3.23. The highest BCUT2D eigenvalue weighted by Crippen LogP contribution is 2.24. The Labute approximate surface area is 104 Å².